The zero-order chi connectivity index (χ0) is 13.5. The maximum Gasteiger partial charge on any atom is 0.326 e. The molecule has 6 heteroatoms. The van der Waals surface area contributed by atoms with Crippen molar-refractivity contribution in [2.75, 3.05) is 0 Å². The normalized spacial score (nSPS) is 11.6. The van der Waals surface area contributed by atoms with Crippen molar-refractivity contribution < 1.29 is 14.7 Å². The molecule has 0 saturated heterocycles. The van der Waals surface area contributed by atoms with Gasteiger partial charge in [0.15, 0.2) is 0 Å². The van der Waals surface area contributed by atoms with E-state index in [-0.39, 0.29) is 6.42 Å². The third kappa shape index (κ3) is 4.58. The van der Waals surface area contributed by atoms with Gasteiger partial charge in [0, 0.05) is 9.75 Å². The molecule has 1 heterocycles. The Morgan fingerprint density at radius 1 is 1.56 bits per heavy atom. The molecule has 0 spiro atoms. The number of urea groups is 1. The average molecular weight is 268 g/mol. The van der Waals surface area contributed by atoms with E-state index in [2.05, 4.69) is 17.2 Å². The number of thiophene rings is 1. The zero-order valence-corrected chi connectivity index (χ0v) is 10.9. The predicted octanol–water partition coefficient (Wildman–Crippen LogP) is 1.89. The molecule has 0 aliphatic carbocycles. The number of aryl methyl sites for hydroxylation is 1. The van der Waals surface area contributed by atoms with Gasteiger partial charge in [0.05, 0.1) is 6.54 Å². The molecular formula is C12H16N2O3S. The molecule has 0 aliphatic rings. The van der Waals surface area contributed by atoms with E-state index in [1.54, 1.807) is 11.3 Å². The van der Waals surface area contributed by atoms with E-state index in [0.29, 0.717) is 6.54 Å². The average Bonchev–Trinajstić information content (AvgIpc) is 2.72. The van der Waals surface area contributed by atoms with E-state index in [0.717, 1.165) is 4.88 Å². The van der Waals surface area contributed by atoms with E-state index >= 15 is 0 Å². The molecule has 0 aliphatic heterocycles. The molecule has 0 aromatic carbocycles. The molecule has 0 fully saturated rings. The summed E-state index contributed by atoms with van der Waals surface area (Å²) in [6, 6.07) is 2.47. The second-order valence-electron chi connectivity index (χ2n) is 3.75. The summed E-state index contributed by atoms with van der Waals surface area (Å²) < 4.78 is 0. The highest BCUT2D eigenvalue weighted by Crippen LogP contribution is 2.14. The minimum Gasteiger partial charge on any atom is -0.480 e. The Hall–Kier alpha value is -1.82. The topological polar surface area (TPSA) is 78.4 Å². The van der Waals surface area contributed by atoms with Gasteiger partial charge in [-0.2, -0.15) is 0 Å². The van der Waals surface area contributed by atoms with E-state index in [9.17, 15) is 9.59 Å². The summed E-state index contributed by atoms with van der Waals surface area (Å²) >= 11 is 1.59. The van der Waals surface area contributed by atoms with Crippen molar-refractivity contribution in [3.05, 3.63) is 34.5 Å². The second kappa shape index (κ2) is 6.80. The smallest absolute Gasteiger partial charge is 0.326 e. The number of carbonyl (C=O) groups is 2. The highest BCUT2D eigenvalue weighted by atomic mass is 32.1. The van der Waals surface area contributed by atoms with Crippen molar-refractivity contribution in [3.63, 3.8) is 0 Å². The Morgan fingerprint density at radius 2 is 2.28 bits per heavy atom. The first kappa shape index (κ1) is 14.2. The van der Waals surface area contributed by atoms with Crippen LogP contribution in [-0.2, 0) is 11.3 Å². The van der Waals surface area contributed by atoms with Crippen LogP contribution in [0.4, 0.5) is 4.79 Å². The number of carbonyl (C=O) groups excluding carboxylic acids is 1. The summed E-state index contributed by atoms with van der Waals surface area (Å²) in [5.74, 6) is -1.07. The van der Waals surface area contributed by atoms with Gasteiger partial charge in [-0.25, -0.2) is 9.59 Å². The summed E-state index contributed by atoms with van der Waals surface area (Å²) in [5, 5.41) is 13.9. The van der Waals surface area contributed by atoms with Crippen LogP contribution < -0.4 is 10.6 Å². The van der Waals surface area contributed by atoms with Gasteiger partial charge in [0.25, 0.3) is 0 Å². The summed E-state index contributed by atoms with van der Waals surface area (Å²) in [4.78, 5) is 24.5. The fourth-order valence-corrected chi connectivity index (χ4v) is 2.18. The minimum absolute atomic E-state index is 0.195. The quantitative estimate of drug-likeness (QED) is 0.689. The van der Waals surface area contributed by atoms with Crippen LogP contribution in [0, 0.1) is 6.92 Å². The Morgan fingerprint density at radius 3 is 2.78 bits per heavy atom. The lowest BCUT2D eigenvalue weighted by molar-refractivity contribution is -0.139. The van der Waals surface area contributed by atoms with Crippen molar-refractivity contribution in [1.29, 1.82) is 0 Å². The second-order valence-corrected chi connectivity index (χ2v) is 5.13. The molecule has 2 amide bonds. The Balaban J connectivity index is 2.40. The number of carboxylic acid groups (broad SMARTS) is 1. The Bertz CT molecular complexity index is 442. The zero-order valence-electron chi connectivity index (χ0n) is 10.1. The van der Waals surface area contributed by atoms with Crippen LogP contribution in [0.3, 0.4) is 0 Å². The molecule has 18 heavy (non-hydrogen) atoms. The largest absolute Gasteiger partial charge is 0.480 e. The number of rotatable bonds is 6. The number of hydrogen-bond acceptors (Lipinski definition) is 3. The van der Waals surface area contributed by atoms with Crippen LogP contribution in [0.25, 0.3) is 0 Å². The molecule has 5 nitrogen and oxygen atoms in total. The number of amides is 2. The van der Waals surface area contributed by atoms with Crippen molar-refractivity contribution in [1.82, 2.24) is 10.6 Å². The van der Waals surface area contributed by atoms with E-state index < -0.39 is 18.0 Å². The third-order valence-electron chi connectivity index (χ3n) is 2.22. The minimum atomic E-state index is -1.07. The number of hydrogen-bond donors (Lipinski definition) is 3. The first-order valence-electron chi connectivity index (χ1n) is 5.46. The molecule has 0 saturated carbocycles. The Kier molecular flexibility index (Phi) is 5.38. The molecule has 1 aromatic heterocycles. The molecule has 0 bridgehead atoms. The molecular weight excluding hydrogens is 252 g/mol. The molecule has 98 valence electrons. The van der Waals surface area contributed by atoms with Gasteiger partial charge in [0.1, 0.15) is 6.04 Å². The lowest BCUT2D eigenvalue weighted by atomic mass is 10.2. The SMILES string of the molecule is C=CCC(NC(=O)NCc1ccc(C)s1)C(=O)O. The van der Waals surface area contributed by atoms with Gasteiger partial charge in [-0.3, -0.25) is 0 Å². The maximum absolute atomic E-state index is 11.5. The molecule has 1 unspecified atom stereocenters. The first-order chi connectivity index (χ1) is 8.52. The van der Waals surface area contributed by atoms with Crippen molar-refractivity contribution >= 4 is 23.3 Å². The van der Waals surface area contributed by atoms with Crippen molar-refractivity contribution in [2.45, 2.75) is 25.9 Å². The third-order valence-corrected chi connectivity index (χ3v) is 3.23. The van der Waals surface area contributed by atoms with Crippen LogP contribution in [-0.4, -0.2) is 23.1 Å². The molecule has 3 N–H and O–H groups in total. The van der Waals surface area contributed by atoms with Gasteiger partial charge >= 0.3 is 12.0 Å². The van der Waals surface area contributed by atoms with Gasteiger partial charge in [-0.15, -0.1) is 17.9 Å². The predicted molar refractivity (Wildman–Crippen MR) is 70.7 cm³/mol. The van der Waals surface area contributed by atoms with Crippen LogP contribution in [0.5, 0.6) is 0 Å². The number of carboxylic acids is 1. The highest BCUT2D eigenvalue weighted by molar-refractivity contribution is 7.11. The highest BCUT2D eigenvalue weighted by Gasteiger charge is 2.17. The van der Waals surface area contributed by atoms with Crippen LogP contribution in [0.2, 0.25) is 0 Å². The molecule has 0 radical (unpaired) electrons. The number of nitrogens with one attached hydrogen (secondary N) is 2. The monoisotopic (exact) mass is 268 g/mol. The van der Waals surface area contributed by atoms with Gasteiger partial charge in [-0.05, 0) is 25.5 Å². The summed E-state index contributed by atoms with van der Waals surface area (Å²) in [6.45, 7) is 5.83. The molecule has 1 aromatic rings. The summed E-state index contributed by atoms with van der Waals surface area (Å²) in [7, 11) is 0. The fraction of sp³-hybridized carbons (Fsp3) is 0.333. The van der Waals surface area contributed by atoms with Gasteiger partial charge in [-0.1, -0.05) is 6.08 Å². The standard InChI is InChI=1S/C12H16N2O3S/c1-3-4-10(11(15)16)14-12(17)13-7-9-6-5-8(2)18-9/h3,5-6,10H,1,4,7H2,2H3,(H,15,16)(H2,13,14,17). The van der Waals surface area contributed by atoms with Crippen LogP contribution >= 0.6 is 11.3 Å². The lowest BCUT2D eigenvalue weighted by Crippen LogP contribution is -2.45. The van der Waals surface area contributed by atoms with Gasteiger partial charge in [0.2, 0.25) is 0 Å². The molecule has 1 atom stereocenters. The van der Waals surface area contributed by atoms with Crippen molar-refractivity contribution in [3.8, 4) is 0 Å². The van der Waals surface area contributed by atoms with E-state index in [1.165, 1.54) is 11.0 Å². The summed E-state index contributed by atoms with van der Waals surface area (Å²) in [5.41, 5.74) is 0. The molecule has 1 rings (SSSR count). The van der Waals surface area contributed by atoms with Crippen LogP contribution in [0.15, 0.2) is 24.8 Å². The maximum atomic E-state index is 11.5. The van der Waals surface area contributed by atoms with Crippen LogP contribution in [0.1, 0.15) is 16.2 Å². The van der Waals surface area contributed by atoms with Gasteiger partial charge < -0.3 is 15.7 Å². The van der Waals surface area contributed by atoms with E-state index in [1.807, 2.05) is 19.1 Å². The summed E-state index contributed by atoms with van der Waals surface area (Å²) in [6.07, 6.45) is 1.66. The first-order valence-corrected chi connectivity index (χ1v) is 6.28. The lowest BCUT2D eigenvalue weighted by Gasteiger charge is -2.12. The number of aliphatic carboxylic acids is 1. The van der Waals surface area contributed by atoms with Crippen molar-refractivity contribution in [2.24, 2.45) is 0 Å². The Labute approximate surface area is 110 Å². The van der Waals surface area contributed by atoms with E-state index in [4.69, 9.17) is 5.11 Å². The fourth-order valence-electron chi connectivity index (χ4n) is 1.34.